The van der Waals surface area contributed by atoms with E-state index < -0.39 is 11.7 Å². The number of methoxy groups -OCH3 is 1. The highest BCUT2D eigenvalue weighted by Gasteiger charge is 2.29. The Labute approximate surface area is 177 Å². The summed E-state index contributed by atoms with van der Waals surface area (Å²) in [5, 5.41) is 5.58. The molecule has 0 spiro atoms. The second-order valence-corrected chi connectivity index (χ2v) is 6.88. The number of rotatable bonds is 7. The minimum absolute atomic E-state index is 0.154. The van der Waals surface area contributed by atoms with Crippen LogP contribution < -0.4 is 10.6 Å². The molecular formula is C20H21F2N7O2. The van der Waals surface area contributed by atoms with Gasteiger partial charge in [0.15, 0.2) is 5.82 Å². The molecule has 3 heterocycles. The molecule has 3 aromatic heterocycles. The Morgan fingerprint density at radius 1 is 1.10 bits per heavy atom. The number of alkyl halides is 2. The number of pyridine rings is 1. The fraction of sp³-hybridized carbons (Fsp3) is 0.300. The molecule has 0 atom stereocenters. The van der Waals surface area contributed by atoms with Crippen molar-refractivity contribution in [2.45, 2.75) is 33.3 Å². The van der Waals surface area contributed by atoms with Gasteiger partial charge in [0.05, 0.1) is 17.9 Å². The number of nitrogens with zero attached hydrogens (tertiary/aromatic N) is 5. The van der Waals surface area contributed by atoms with Gasteiger partial charge in [-0.05, 0) is 6.92 Å². The Bertz CT molecular complexity index is 1090. The predicted molar refractivity (Wildman–Crippen MR) is 110 cm³/mol. The molecule has 9 nitrogen and oxygen atoms in total. The fourth-order valence-electron chi connectivity index (χ4n) is 2.69. The molecule has 1 amide bonds. The summed E-state index contributed by atoms with van der Waals surface area (Å²) in [5.74, 6) is -3.35. The average molecular weight is 429 g/mol. The molecule has 3 aromatic rings. The van der Waals surface area contributed by atoms with E-state index in [9.17, 15) is 13.6 Å². The van der Waals surface area contributed by atoms with Crippen molar-refractivity contribution in [1.29, 1.82) is 0 Å². The van der Waals surface area contributed by atoms with Crippen molar-refractivity contribution in [2.75, 3.05) is 17.7 Å². The standard InChI is InChI=1S/C20H21F2N7O2/c1-11-5-17(29-19(26-11)20(3,21)22)28-15-6-16(27-12(2)30)23-9-14(15)18-24-7-13(8-25-18)10-31-4/h5-9H,10H2,1-4H3,(H2,23,26,27,28,29,30). The van der Waals surface area contributed by atoms with Crippen LogP contribution in [0.25, 0.3) is 11.4 Å². The summed E-state index contributed by atoms with van der Waals surface area (Å²) in [6.07, 6.45) is 4.70. The zero-order valence-corrected chi connectivity index (χ0v) is 17.4. The molecule has 3 rings (SSSR count). The third-order valence-corrected chi connectivity index (χ3v) is 3.97. The van der Waals surface area contributed by atoms with Crippen molar-refractivity contribution in [3.63, 3.8) is 0 Å². The van der Waals surface area contributed by atoms with E-state index in [0.29, 0.717) is 29.4 Å². The van der Waals surface area contributed by atoms with E-state index in [2.05, 4.69) is 35.6 Å². The molecule has 0 saturated heterocycles. The molecule has 0 aliphatic rings. The summed E-state index contributed by atoms with van der Waals surface area (Å²) in [6, 6.07) is 3.07. The highest BCUT2D eigenvalue weighted by atomic mass is 19.3. The highest BCUT2D eigenvalue weighted by molar-refractivity contribution is 5.89. The molecule has 11 heteroatoms. The molecule has 31 heavy (non-hydrogen) atoms. The smallest absolute Gasteiger partial charge is 0.303 e. The van der Waals surface area contributed by atoms with E-state index in [4.69, 9.17) is 4.74 Å². The summed E-state index contributed by atoms with van der Waals surface area (Å²) >= 11 is 0. The molecule has 0 aromatic carbocycles. The molecule has 0 aliphatic heterocycles. The highest BCUT2D eigenvalue weighted by Crippen LogP contribution is 2.31. The number of hydrogen-bond donors (Lipinski definition) is 2. The third kappa shape index (κ3) is 5.72. The molecule has 2 N–H and O–H groups in total. The van der Waals surface area contributed by atoms with Crippen LogP contribution in [0.4, 0.5) is 26.1 Å². The summed E-state index contributed by atoms with van der Waals surface area (Å²) in [5.41, 5.74) is 2.05. The van der Waals surface area contributed by atoms with Crippen molar-refractivity contribution in [1.82, 2.24) is 24.9 Å². The monoisotopic (exact) mass is 429 g/mol. The topological polar surface area (TPSA) is 115 Å². The third-order valence-electron chi connectivity index (χ3n) is 3.97. The Morgan fingerprint density at radius 2 is 1.81 bits per heavy atom. The maximum Gasteiger partial charge on any atom is 0.303 e. The number of aryl methyl sites for hydroxylation is 1. The molecule has 0 unspecified atom stereocenters. The average Bonchev–Trinajstić information content (AvgIpc) is 2.68. The predicted octanol–water partition coefficient (Wildman–Crippen LogP) is 3.60. The number of carbonyl (C=O) groups is 1. The minimum atomic E-state index is -3.20. The van der Waals surface area contributed by atoms with Crippen molar-refractivity contribution in [3.8, 4) is 11.4 Å². The largest absolute Gasteiger partial charge is 0.380 e. The number of aromatic nitrogens is 5. The van der Waals surface area contributed by atoms with Gasteiger partial charge in [0.2, 0.25) is 11.7 Å². The molecule has 0 fully saturated rings. The van der Waals surface area contributed by atoms with Crippen LogP contribution in [-0.4, -0.2) is 37.9 Å². The molecular weight excluding hydrogens is 408 g/mol. The summed E-state index contributed by atoms with van der Waals surface area (Å²) in [6.45, 7) is 4.03. The van der Waals surface area contributed by atoms with E-state index in [1.807, 2.05) is 0 Å². The summed E-state index contributed by atoms with van der Waals surface area (Å²) in [7, 11) is 1.57. The number of carbonyl (C=O) groups excluding carboxylic acids is 1. The van der Waals surface area contributed by atoms with Gasteiger partial charge in [-0.15, -0.1) is 0 Å². The second-order valence-electron chi connectivity index (χ2n) is 6.88. The quantitative estimate of drug-likeness (QED) is 0.586. The maximum atomic E-state index is 13.8. The van der Waals surface area contributed by atoms with E-state index in [1.54, 1.807) is 32.5 Å². The fourth-order valence-corrected chi connectivity index (χ4v) is 2.69. The van der Waals surface area contributed by atoms with Crippen molar-refractivity contribution >= 4 is 23.2 Å². The van der Waals surface area contributed by atoms with E-state index in [0.717, 1.165) is 12.5 Å². The molecule has 0 aliphatic carbocycles. The van der Waals surface area contributed by atoms with Gasteiger partial charge in [0.25, 0.3) is 0 Å². The van der Waals surface area contributed by atoms with Gasteiger partial charge in [0.1, 0.15) is 11.6 Å². The van der Waals surface area contributed by atoms with Crippen LogP contribution >= 0.6 is 0 Å². The lowest BCUT2D eigenvalue weighted by molar-refractivity contribution is -0.114. The van der Waals surface area contributed by atoms with Gasteiger partial charge in [0, 0.05) is 62.9 Å². The number of anilines is 3. The lowest BCUT2D eigenvalue weighted by Crippen LogP contribution is -2.14. The van der Waals surface area contributed by atoms with Crippen molar-refractivity contribution < 1.29 is 18.3 Å². The number of ether oxygens (including phenoxy) is 1. The van der Waals surface area contributed by atoms with Crippen LogP contribution in [0.5, 0.6) is 0 Å². The Hall–Kier alpha value is -3.60. The molecule has 0 bridgehead atoms. The first-order valence-electron chi connectivity index (χ1n) is 9.24. The van der Waals surface area contributed by atoms with Crippen LogP contribution in [0.1, 0.15) is 30.9 Å². The first kappa shape index (κ1) is 22.1. The van der Waals surface area contributed by atoms with Crippen LogP contribution in [0, 0.1) is 6.92 Å². The number of halogens is 2. The zero-order valence-electron chi connectivity index (χ0n) is 17.4. The lowest BCUT2D eigenvalue weighted by Gasteiger charge is -2.15. The Morgan fingerprint density at radius 3 is 2.42 bits per heavy atom. The Balaban J connectivity index is 2.04. The second kappa shape index (κ2) is 9.04. The van der Waals surface area contributed by atoms with Crippen molar-refractivity contribution in [2.24, 2.45) is 0 Å². The minimum Gasteiger partial charge on any atom is -0.380 e. The molecule has 0 saturated carbocycles. The van der Waals surface area contributed by atoms with E-state index in [-0.39, 0.29) is 17.5 Å². The van der Waals surface area contributed by atoms with E-state index in [1.165, 1.54) is 19.2 Å². The van der Waals surface area contributed by atoms with Crippen LogP contribution in [0.3, 0.4) is 0 Å². The number of amides is 1. The maximum absolute atomic E-state index is 13.8. The van der Waals surface area contributed by atoms with Crippen LogP contribution in [0.15, 0.2) is 30.7 Å². The van der Waals surface area contributed by atoms with Crippen molar-refractivity contribution in [3.05, 3.63) is 47.8 Å². The zero-order chi connectivity index (χ0) is 22.6. The van der Waals surface area contributed by atoms with Crippen LogP contribution in [0.2, 0.25) is 0 Å². The van der Waals surface area contributed by atoms with Gasteiger partial charge < -0.3 is 15.4 Å². The number of nitrogens with one attached hydrogen (secondary N) is 2. The van der Waals surface area contributed by atoms with Gasteiger partial charge in [-0.3, -0.25) is 4.79 Å². The normalized spacial score (nSPS) is 11.3. The van der Waals surface area contributed by atoms with Gasteiger partial charge in [-0.1, -0.05) is 0 Å². The summed E-state index contributed by atoms with van der Waals surface area (Å²) < 4.78 is 32.6. The first-order chi connectivity index (χ1) is 14.7. The molecule has 0 radical (unpaired) electrons. The molecule has 162 valence electrons. The number of hydrogen-bond acceptors (Lipinski definition) is 8. The Kier molecular flexibility index (Phi) is 6.44. The van der Waals surface area contributed by atoms with E-state index >= 15 is 0 Å². The van der Waals surface area contributed by atoms with Crippen LogP contribution in [-0.2, 0) is 22.1 Å². The van der Waals surface area contributed by atoms with Gasteiger partial charge in [-0.2, -0.15) is 8.78 Å². The lowest BCUT2D eigenvalue weighted by atomic mass is 10.2. The SMILES string of the molecule is COCc1cnc(-c2cnc(NC(C)=O)cc2Nc2cc(C)nc(C(C)(F)F)n2)nc1. The summed E-state index contributed by atoms with van der Waals surface area (Å²) in [4.78, 5) is 32.0. The van der Waals surface area contributed by atoms with Gasteiger partial charge >= 0.3 is 5.92 Å². The first-order valence-corrected chi connectivity index (χ1v) is 9.24. The van der Waals surface area contributed by atoms with Gasteiger partial charge in [-0.25, -0.2) is 24.9 Å².